The van der Waals surface area contributed by atoms with Crippen molar-refractivity contribution in [1.82, 2.24) is 0 Å². The molecule has 0 amide bonds. The Morgan fingerprint density at radius 1 is 0.867 bits per heavy atom. The predicted octanol–water partition coefficient (Wildman–Crippen LogP) is 4.96. The van der Waals surface area contributed by atoms with Crippen molar-refractivity contribution in [2.24, 2.45) is 11.8 Å². The van der Waals surface area contributed by atoms with E-state index in [1.807, 2.05) is 24.3 Å². The van der Waals surface area contributed by atoms with Crippen molar-refractivity contribution in [2.75, 3.05) is 0 Å². The number of rotatable bonds is 10. The highest BCUT2D eigenvalue weighted by Gasteiger charge is 2.46. The quantitative estimate of drug-likeness (QED) is 0.522. The average Bonchev–Trinajstić information content (AvgIpc) is 3.19. The van der Waals surface area contributed by atoms with Crippen LogP contribution < -0.4 is 0 Å². The van der Waals surface area contributed by atoms with Gasteiger partial charge in [-0.1, -0.05) is 82.6 Å². The number of hydrogen-bond acceptors (Lipinski definition) is 4. The van der Waals surface area contributed by atoms with Gasteiger partial charge in [-0.05, 0) is 30.2 Å². The van der Waals surface area contributed by atoms with Crippen molar-refractivity contribution in [3.05, 3.63) is 35.4 Å². The molecule has 166 valence electrons. The zero-order valence-corrected chi connectivity index (χ0v) is 17.8. The summed E-state index contributed by atoms with van der Waals surface area (Å²) in [6.45, 7) is 2.28. The number of benzene rings is 1. The van der Waals surface area contributed by atoms with Crippen molar-refractivity contribution in [3.63, 3.8) is 0 Å². The molecule has 6 nitrogen and oxygen atoms in total. The minimum atomic E-state index is -1.50. The van der Waals surface area contributed by atoms with Crippen LogP contribution in [0.4, 0.5) is 0 Å². The van der Waals surface area contributed by atoms with Crippen LogP contribution in [0, 0.1) is 11.8 Å². The Kier molecular flexibility index (Phi) is 8.28. The second-order valence-corrected chi connectivity index (χ2v) is 8.78. The first-order valence-corrected chi connectivity index (χ1v) is 11.3. The first-order chi connectivity index (χ1) is 14.5. The fourth-order valence-corrected chi connectivity index (χ4v) is 4.79. The summed E-state index contributed by atoms with van der Waals surface area (Å²) < 4.78 is 10.6. The van der Waals surface area contributed by atoms with E-state index >= 15 is 0 Å². The molecule has 2 N–H and O–H groups in total. The van der Waals surface area contributed by atoms with E-state index in [9.17, 15) is 9.59 Å². The van der Waals surface area contributed by atoms with Gasteiger partial charge in [-0.25, -0.2) is 9.59 Å². The van der Waals surface area contributed by atoms with Crippen LogP contribution in [-0.2, 0) is 25.5 Å². The summed E-state index contributed by atoms with van der Waals surface area (Å²) in [5, 5.41) is 18.2. The molecule has 30 heavy (non-hydrogen) atoms. The molecular weight excluding hydrogens is 384 g/mol. The lowest BCUT2D eigenvalue weighted by atomic mass is 9.78. The van der Waals surface area contributed by atoms with Crippen molar-refractivity contribution < 1.29 is 29.3 Å². The summed E-state index contributed by atoms with van der Waals surface area (Å²) in [7, 11) is 0. The van der Waals surface area contributed by atoms with E-state index in [2.05, 4.69) is 6.92 Å². The smallest absolute Gasteiger partial charge is 0.336 e. The molecule has 2 fully saturated rings. The van der Waals surface area contributed by atoms with Crippen LogP contribution in [0.2, 0.25) is 0 Å². The van der Waals surface area contributed by atoms with Crippen LogP contribution in [0.5, 0.6) is 0 Å². The second kappa shape index (κ2) is 10.9. The number of carboxylic acids is 2. The minimum Gasteiger partial charge on any atom is -0.479 e. The Hall–Kier alpha value is -1.92. The van der Waals surface area contributed by atoms with Crippen molar-refractivity contribution in [3.8, 4) is 0 Å². The van der Waals surface area contributed by atoms with Gasteiger partial charge in [-0.3, -0.25) is 0 Å². The van der Waals surface area contributed by atoms with E-state index in [4.69, 9.17) is 19.7 Å². The molecule has 0 unspecified atom stereocenters. The van der Waals surface area contributed by atoms with Crippen molar-refractivity contribution in [1.29, 1.82) is 0 Å². The highest BCUT2D eigenvalue weighted by Crippen LogP contribution is 2.34. The first kappa shape index (κ1) is 22.8. The maximum Gasteiger partial charge on any atom is 0.336 e. The molecule has 0 aromatic heterocycles. The van der Waals surface area contributed by atoms with Gasteiger partial charge < -0.3 is 19.7 Å². The van der Waals surface area contributed by atoms with Crippen LogP contribution in [0.1, 0.15) is 82.1 Å². The highest BCUT2D eigenvalue weighted by molar-refractivity contribution is 5.84. The summed E-state index contributed by atoms with van der Waals surface area (Å²) >= 11 is 0. The van der Waals surface area contributed by atoms with Gasteiger partial charge in [0.1, 0.15) is 0 Å². The van der Waals surface area contributed by atoms with E-state index < -0.39 is 30.4 Å². The summed E-state index contributed by atoms with van der Waals surface area (Å²) in [6.07, 6.45) is 9.12. The number of hydrogen-bond donors (Lipinski definition) is 2. The number of unbranched alkanes of at least 4 members (excludes halogenated alkanes) is 1. The van der Waals surface area contributed by atoms with Crippen molar-refractivity contribution in [2.45, 2.75) is 89.6 Å². The molecule has 1 aliphatic carbocycles. The van der Waals surface area contributed by atoms with Crippen LogP contribution in [0.3, 0.4) is 0 Å². The molecule has 0 bridgehead atoms. The molecule has 3 rings (SSSR count). The van der Waals surface area contributed by atoms with Gasteiger partial charge in [0.05, 0.1) is 0 Å². The zero-order chi connectivity index (χ0) is 21.5. The summed E-state index contributed by atoms with van der Waals surface area (Å²) in [4.78, 5) is 22.4. The van der Waals surface area contributed by atoms with Gasteiger partial charge in [0.15, 0.2) is 18.5 Å². The lowest BCUT2D eigenvalue weighted by Crippen LogP contribution is -2.36. The van der Waals surface area contributed by atoms with Crippen molar-refractivity contribution >= 4 is 11.9 Å². The Labute approximate surface area is 178 Å². The molecule has 1 heterocycles. The Morgan fingerprint density at radius 2 is 1.40 bits per heavy atom. The number of aryl methyl sites for hydroxylation is 1. The summed E-state index contributed by atoms with van der Waals surface area (Å²) in [5.74, 6) is -0.795. The van der Waals surface area contributed by atoms with E-state index in [1.54, 1.807) is 0 Å². The summed E-state index contributed by atoms with van der Waals surface area (Å²) in [6, 6.07) is 7.64. The molecule has 1 aliphatic heterocycles. The van der Waals surface area contributed by atoms with E-state index in [0.717, 1.165) is 24.7 Å². The molecule has 0 spiro atoms. The lowest BCUT2D eigenvalue weighted by Gasteiger charge is -2.28. The second-order valence-electron chi connectivity index (χ2n) is 8.78. The molecule has 0 radical (unpaired) electrons. The van der Waals surface area contributed by atoms with Crippen LogP contribution in [0.25, 0.3) is 0 Å². The minimum absolute atomic E-state index is 0.637. The molecule has 1 saturated heterocycles. The summed E-state index contributed by atoms with van der Waals surface area (Å²) in [5.41, 5.74) is 1.85. The third-order valence-electron chi connectivity index (χ3n) is 6.55. The Balaban J connectivity index is 1.40. The molecule has 2 aliphatic rings. The standard InChI is InChI=1S/C24H34O6/c1-2-5-16-8-10-17(11-9-16)6-3-4-7-18-12-14-19(15-13-18)24-29-20(22(25)26)21(30-24)23(27)28/h12-17,20-21,24H,2-11H2,1H3,(H,25,26)(H,27,28)/t16-,17-,20-,21-/m1/s1. The maximum atomic E-state index is 11.2. The lowest BCUT2D eigenvalue weighted by molar-refractivity contribution is -0.156. The van der Waals surface area contributed by atoms with Gasteiger partial charge >= 0.3 is 11.9 Å². The van der Waals surface area contributed by atoms with Crippen LogP contribution in [-0.4, -0.2) is 34.4 Å². The third-order valence-corrected chi connectivity index (χ3v) is 6.55. The highest BCUT2D eigenvalue weighted by atomic mass is 16.7. The first-order valence-electron chi connectivity index (χ1n) is 11.3. The Bertz CT molecular complexity index is 670. The van der Waals surface area contributed by atoms with E-state index in [0.29, 0.717) is 5.56 Å². The molecule has 2 atom stereocenters. The Morgan fingerprint density at radius 3 is 1.90 bits per heavy atom. The van der Waals surface area contributed by atoms with Crippen LogP contribution >= 0.6 is 0 Å². The van der Waals surface area contributed by atoms with Gasteiger partial charge in [0, 0.05) is 5.56 Å². The van der Waals surface area contributed by atoms with Gasteiger partial charge in [0.2, 0.25) is 0 Å². The van der Waals surface area contributed by atoms with E-state index in [1.165, 1.54) is 56.9 Å². The fourth-order valence-electron chi connectivity index (χ4n) is 4.79. The molecule has 1 aromatic carbocycles. The molecule has 1 aromatic rings. The number of carbonyl (C=O) groups is 2. The number of carboxylic acid groups (broad SMARTS) is 2. The SMILES string of the molecule is CCC[C@H]1CC[C@H](CCCCc2ccc(C3O[C@@H](C(=O)O)[C@H](C(=O)O)O3)cc2)CC1. The van der Waals surface area contributed by atoms with Gasteiger partial charge in [-0.15, -0.1) is 0 Å². The normalized spacial score (nSPS) is 27.2. The van der Waals surface area contributed by atoms with E-state index in [-0.39, 0.29) is 0 Å². The number of aliphatic carboxylic acids is 2. The zero-order valence-electron chi connectivity index (χ0n) is 17.8. The average molecular weight is 419 g/mol. The fraction of sp³-hybridized carbons (Fsp3) is 0.667. The topological polar surface area (TPSA) is 93.1 Å². The number of ether oxygens (including phenoxy) is 2. The molecular formula is C24H34O6. The third kappa shape index (κ3) is 6.05. The van der Waals surface area contributed by atoms with Gasteiger partial charge in [0.25, 0.3) is 0 Å². The van der Waals surface area contributed by atoms with Gasteiger partial charge in [-0.2, -0.15) is 0 Å². The monoisotopic (exact) mass is 418 g/mol. The maximum absolute atomic E-state index is 11.2. The largest absolute Gasteiger partial charge is 0.479 e. The molecule has 6 heteroatoms. The molecule has 1 saturated carbocycles. The van der Waals surface area contributed by atoms with Crippen LogP contribution in [0.15, 0.2) is 24.3 Å². The predicted molar refractivity (Wildman–Crippen MR) is 112 cm³/mol.